The van der Waals surface area contributed by atoms with Gasteiger partial charge in [0.25, 0.3) is 10.1 Å². The van der Waals surface area contributed by atoms with Gasteiger partial charge < -0.3 is 0 Å². The maximum atomic E-state index is 10.5. The molecule has 0 saturated carbocycles. The summed E-state index contributed by atoms with van der Waals surface area (Å²) in [6.45, 7) is 0. The summed E-state index contributed by atoms with van der Waals surface area (Å²) in [5, 5.41) is 0.597. The van der Waals surface area contributed by atoms with Crippen LogP contribution < -0.4 is 0 Å². The zero-order chi connectivity index (χ0) is 11.5. The smallest absolute Gasteiger partial charge is 0.264 e. The Labute approximate surface area is 102 Å². The lowest BCUT2D eigenvalue weighted by Crippen LogP contribution is -2.04. The van der Waals surface area contributed by atoms with Crippen molar-refractivity contribution >= 4 is 37.6 Å². The van der Waals surface area contributed by atoms with Gasteiger partial charge in [0.1, 0.15) is 0 Å². The second-order valence-electron chi connectivity index (χ2n) is 3.13. The highest BCUT2D eigenvalue weighted by Gasteiger charge is 2.06. The average molecular weight is 314 g/mol. The quantitative estimate of drug-likeness (QED) is 0.870. The Morgan fingerprint density at radius 2 is 2.07 bits per heavy atom. The Bertz CT molecular complexity index is 445. The molecule has 0 amide bonds. The zero-order valence-electron chi connectivity index (χ0n) is 7.78. The number of halogens is 2. The molecule has 0 atom stereocenters. The lowest BCUT2D eigenvalue weighted by molar-refractivity contribution is 0.481. The van der Waals surface area contributed by atoms with E-state index in [4.69, 9.17) is 16.2 Å². The third kappa shape index (κ3) is 4.97. The molecule has 15 heavy (non-hydrogen) atoms. The van der Waals surface area contributed by atoms with E-state index < -0.39 is 10.1 Å². The molecule has 3 nitrogen and oxygen atoms in total. The van der Waals surface area contributed by atoms with Crippen molar-refractivity contribution in [1.82, 2.24) is 0 Å². The van der Waals surface area contributed by atoms with E-state index in [0.29, 0.717) is 17.9 Å². The fourth-order valence-corrected chi connectivity index (χ4v) is 2.45. The SMILES string of the molecule is O=S(=O)(O)CCCc1ccc(Br)cc1Cl. The van der Waals surface area contributed by atoms with Crippen molar-refractivity contribution in [2.75, 3.05) is 5.75 Å². The molecule has 0 aliphatic heterocycles. The third-order valence-electron chi connectivity index (χ3n) is 1.86. The van der Waals surface area contributed by atoms with Gasteiger partial charge >= 0.3 is 0 Å². The third-order valence-corrected chi connectivity index (χ3v) is 3.51. The minimum atomic E-state index is -3.87. The minimum Gasteiger partial charge on any atom is -0.286 e. The van der Waals surface area contributed by atoms with Crippen molar-refractivity contribution in [1.29, 1.82) is 0 Å². The molecule has 1 aromatic rings. The van der Waals surface area contributed by atoms with Crippen molar-refractivity contribution in [3.8, 4) is 0 Å². The molecule has 0 spiro atoms. The first-order valence-corrected chi connectivity index (χ1v) is 7.05. The summed E-state index contributed by atoms with van der Waals surface area (Å²) in [7, 11) is -3.87. The lowest BCUT2D eigenvalue weighted by Gasteiger charge is -2.03. The normalized spacial score (nSPS) is 11.7. The molecular weight excluding hydrogens is 304 g/mol. The van der Waals surface area contributed by atoms with Gasteiger partial charge in [-0.3, -0.25) is 4.55 Å². The van der Waals surface area contributed by atoms with Crippen LogP contribution in [0.2, 0.25) is 5.02 Å². The van der Waals surface area contributed by atoms with Gasteiger partial charge in [0, 0.05) is 9.50 Å². The van der Waals surface area contributed by atoms with Crippen molar-refractivity contribution < 1.29 is 13.0 Å². The van der Waals surface area contributed by atoms with Crippen molar-refractivity contribution in [3.63, 3.8) is 0 Å². The maximum Gasteiger partial charge on any atom is 0.264 e. The van der Waals surface area contributed by atoms with E-state index >= 15 is 0 Å². The molecule has 1 N–H and O–H groups in total. The first-order valence-electron chi connectivity index (χ1n) is 4.27. The highest BCUT2D eigenvalue weighted by atomic mass is 79.9. The zero-order valence-corrected chi connectivity index (χ0v) is 10.9. The van der Waals surface area contributed by atoms with Gasteiger partial charge in [0.05, 0.1) is 5.75 Å². The van der Waals surface area contributed by atoms with Crippen LogP contribution >= 0.6 is 27.5 Å². The number of benzene rings is 1. The fraction of sp³-hybridized carbons (Fsp3) is 0.333. The molecule has 0 saturated heterocycles. The first kappa shape index (κ1) is 13.0. The van der Waals surface area contributed by atoms with Crippen LogP contribution in [0, 0.1) is 0 Å². The van der Waals surface area contributed by atoms with Gasteiger partial charge in [-0.1, -0.05) is 33.6 Å². The molecule has 0 bridgehead atoms. The van der Waals surface area contributed by atoms with Gasteiger partial charge in [-0.15, -0.1) is 0 Å². The number of hydrogen-bond donors (Lipinski definition) is 1. The first-order chi connectivity index (χ1) is 6.88. The molecule has 84 valence electrons. The summed E-state index contributed by atoms with van der Waals surface area (Å²) in [6.07, 6.45) is 0.895. The minimum absolute atomic E-state index is 0.237. The molecule has 0 fully saturated rings. The van der Waals surface area contributed by atoms with E-state index in [9.17, 15) is 8.42 Å². The molecule has 0 unspecified atom stereocenters. The Kier molecular flexibility index (Phi) is 4.58. The summed E-state index contributed by atoms with van der Waals surface area (Å²) in [4.78, 5) is 0. The molecule has 0 aliphatic carbocycles. The van der Waals surface area contributed by atoms with Crippen molar-refractivity contribution in [3.05, 3.63) is 33.3 Å². The topological polar surface area (TPSA) is 54.4 Å². The molecule has 0 aromatic heterocycles. The van der Waals surface area contributed by atoms with E-state index in [1.807, 2.05) is 12.1 Å². The Balaban J connectivity index is 2.59. The molecule has 0 heterocycles. The highest BCUT2D eigenvalue weighted by molar-refractivity contribution is 9.10. The van der Waals surface area contributed by atoms with Crippen LogP contribution in [0.5, 0.6) is 0 Å². The molecule has 0 radical (unpaired) electrons. The summed E-state index contributed by atoms with van der Waals surface area (Å²) in [6, 6.07) is 5.43. The predicted molar refractivity (Wildman–Crippen MR) is 63.9 cm³/mol. The standard InChI is InChI=1S/C9H10BrClO3S/c10-8-4-3-7(9(11)6-8)2-1-5-15(12,13)14/h3-4,6H,1-2,5H2,(H,12,13,14). The molecule has 1 rings (SSSR count). The highest BCUT2D eigenvalue weighted by Crippen LogP contribution is 2.22. The number of aryl methyl sites for hydroxylation is 1. The summed E-state index contributed by atoms with van der Waals surface area (Å²) < 4.78 is 30.4. The van der Waals surface area contributed by atoms with E-state index in [1.54, 1.807) is 6.07 Å². The van der Waals surface area contributed by atoms with Crippen LogP contribution in [-0.4, -0.2) is 18.7 Å². The average Bonchev–Trinajstić information content (AvgIpc) is 2.07. The van der Waals surface area contributed by atoms with Crippen molar-refractivity contribution in [2.24, 2.45) is 0 Å². The maximum absolute atomic E-state index is 10.5. The molecule has 0 aliphatic rings. The summed E-state index contributed by atoms with van der Waals surface area (Å²) in [5.41, 5.74) is 0.878. The second-order valence-corrected chi connectivity index (χ2v) is 6.02. The summed E-state index contributed by atoms with van der Waals surface area (Å²) in [5.74, 6) is -0.237. The lowest BCUT2D eigenvalue weighted by atomic mass is 10.1. The van der Waals surface area contributed by atoms with Crippen LogP contribution in [0.15, 0.2) is 22.7 Å². The summed E-state index contributed by atoms with van der Waals surface area (Å²) >= 11 is 9.21. The van der Waals surface area contributed by atoms with Crippen LogP contribution in [0.1, 0.15) is 12.0 Å². The van der Waals surface area contributed by atoms with Gasteiger partial charge in [-0.25, -0.2) is 0 Å². The van der Waals surface area contributed by atoms with Gasteiger partial charge in [-0.2, -0.15) is 8.42 Å². The fourth-order valence-electron chi connectivity index (χ4n) is 1.17. The van der Waals surface area contributed by atoms with E-state index in [-0.39, 0.29) is 5.75 Å². The van der Waals surface area contributed by atoms with Crippen LogP contribution in [0.3, 0.4) is 0 Å². The van der Waals surface area contributed by atoms with E-state index in [2.05, 4.69) is 15.9 Å². The number of rotatable bonds is 4. The molecule has 6 heteroatoms. The van der Waals surface area contributed by atoms with Crippen LogP contribution in [0.4, 0.5) is 0 Å². The van der Waals surface area contributed by atoms with Crippen molar-refractivity contribution in [2.45, 2.75) is 12.8 Å². The largest absolute Gasteiger partial charge is 0.286 e. The second kappa shape index (κ2) is 5.30. The van der Waals surface area contributed by atoms with Gasteiger partial charge in [-0.05, 0) is 30.5 Å². The Morgan fingerprint density at radius 1 is 1.40 bits per heavy atom. The molecule has 1 aromatic carbocycles. The van der Waals surface area contributed by atoms with E-state index in [0.717, 1.165) is 10.0 Å². The Hall–Kier alpha value is -0.100. The monoisotopic (exact) mass is 312 g/mol. The van der Waals surface area contributed by atoms with E-state index in [1.165, 1.54) is 0 Å². The Morgan fingerprint density at radius 3 is 2.60 bits per heavy atom. The van der Waals surface area contributed by atoms with Crippen LogP contribution in [0.25, 0.3) is 0 Å². The van der Waals surface area contributed by atoms with Gasteiger partial charge in [0.2, 0.25) is 0 Å². The number of hydrogen-bond acceptors (Lipinski definition) is 2. The molecular formula is C9H10BrClO3S. The van der Waals surface area contributed by atoms with Gasteiger partial charge in [0.15, 0.2) is 0 Å². The predicted octanol–water partition coefficient (Wildman–Crippen LogP) is 2.92. The van der Waals surface area contributed by atoms with Crippen LogP contribution in [-0.2, 0) is 16.5 Å².